The molecule has 20 heavy (non-hydrogen) atoms. The number of amides is 3. The molecular weight excluding hydrogens is 256 g/mol. The van der Waals surface area contributed by atoms with Crippen molar-refractivity contribution in [3.05, 3.63) is 34.9 Å². The maximum atomic E-state index is 12.6. The van der Waals surface area contributed by atoms with E-state index in [1.165, 1.54) is 0 Å². The third-order valence-electron chi connectivity index (χ3n) is 3.49. The number of ketones is 1. The molecular formula is C15H18N2O3. The van der Waals surface area contributed by atoms with E-state index in [0.717, 1.165) is 11.1 Å². The van der Waals surface area contributed by atoms with Gasteiger partial charge in [-0.05, 0) is 32.4 Å². The summed E-state index contributed by atoms with van der Waals surface area (Å²) >= 11 is 0. The van der Waals surface area contributed by atoms with Crippen molar-refractivity contribution in [3.63, 3.8) is 0 Å². The van der Waals surface area contributed by atoms with Crippen LogP contribution < -0.4 is 10.6 Å². The summed E-state index contributed by atoms with van der Waals surface area (Å²) < 4.78 is 0. The van der Waals surface area contributed by atoms with Crippen molar-refractivity contribution in [2.24, 2.45) is 5.92 Å². The second-order valence-electron chi connectivity index (χ2n) is 5.20. The van der Waals surface area contributed by atoms with Gasteiger partial charge in [-0.1, -0.05) is 24.1 Å². The minimum absolute atomic E-state index is 0.216. The summed E-state index contributed by atoms with van der Waals surface area (Å²) in [5.74, 6) is -1.13. The highest BCUT2D eigenvalue weighted by Gasteiger charge is 2.38. The predicted octanol–water partition coefficient (Wildman–Crippen LogP) is 1.72. The topological polar surface area (TPSA) is 75.3 Å². The smallest absolute Gasteiger partial charge is 0.322 e. The van der Waals surface area contributed by atoms with Crippen LogP contribution in [0.3, 0.4) is 0 Å². The molecule has 1 fully saturated rings. The van der Waals surface area contributed by atoms with E-state index >= 15 is 0 Å². The maximum absolute atomic E-state index is 12.6. The number of rotatable bonds is 3. The molecule has 0 aliphatic carbocycles. The summed E-state index contributed by atoms with van der Waals surface area (Å²) in [6, 6.07) is 4.13. The fourth-order valence-corrected chi connectivity index (χ4v) is 2.60. The summed E-state index contributed by atoms with van der Waals surface area (Å²) in [5.41, 5.74) is 2.49. The lowest BCUT2D eigenvalue weighted by atomic mass is 9.87. The zero-order valence-corrected chi connectivity index (χ0v) is 11.8. The molecule has 106 valence electrons. The molecule has 2 rings (SSSR count). The van der Waals surface area contributed by atoms with Gasteiger partial charge in [0.05, 0.1) is 5.92 Å². The van der Waals surface area contributed by atoms with Crippen LogP contribution in [0.4, 0.5) is 4.79 Å². The van der Waals surface area contributed by atoms with Crippen LogP contribution in [0.5, 0.6) is 0 Å². The van der Waals surface area contributed by atoms with E-state index in [4.69, 9.17) is 0 Å². The molecule has 1 aromatic carbocycles. The lowest BCUT2D eigenvalue weighted by Gasteiger charge is -2.29. The Balaban J connectivity index is 2.34. The molecule has 5 nitrogen and oxygen atoms in total. The van der Waals surface area contributed by atoms with Gasteiger partial charge >= 0.3 is 6.03 Å². The number of Topliss-reactive ketones (excluding diaryl/α,β-unsaturated/α-hetero) is 1. The van der Waals surface area contributed by atoms with Crippen LogP contribution >= 0.6 is 0 Å². The van der Waals surface area contributed by atoms with Crippen LogP contribution in [-0.4, -0.2) is 23.8 Å². The summed E-state index contributed by atoms with van der Waals surface area (Å²) in [5, 5.41) is 4.76. The number of carbonyl (C=O) groups is 3. The normalized spacial score (nSPS) is 22.1. The van der Waals surface area contributed by atoms with Crippen molar-refractivity contribution in [1.82, 2.24) is 10.6 Å². The minimum atomic E-state index is -0.789. The second kappa shape index (κ2) is 5.45. The van der Waals surface area contributed by atoms with Gasteiger partial charge in [-0.25, -0.2) is 4.79 Å². The molecule has 2 atom stereocenters. The van der Waals surface area contributed by atoms with E-state index < -0.39 is 18.0 Å². The molecule has 2 N–H and O–H groups in total. The molecule has 1 heterocycles. The SMILES string of the molecule is CCC1C(=O)NC(=O)NC1C(=O)c1cc(C)cc(C)c1. The highest BCUT2D eigenvalue weighted by Crippen LogP contribution is 2.19. The molecule has 3 amide bonds. The second-order valence-corrected chi connectivity index (χ2v) is 5.20. The van der Waals surface area contributed by atoms with Gasteiger partial charge in [0, 0.05) is 5.56 Å². The number of imide groups is 1. The Morgan fingerprint density at radius 2 is 1.75 bits per heavy atom. The van der Waals surface area contributed by atoms with Crippen molar-refractivity contribution in [1.29, 1.82) is 0 Å². The van der Waals surface area contributed by atoms with Crippen LogP contribution in [0.25, 0.3) is 0 Å². The van der Waals surface area contributed by atoms with E-state index in [9.17, 15) is 14.4 Å². The van der Waals surface area contributed by atoms with Crippen molar-refractivity contribution >= 4 is 17.7 Å². The third-order valence-corrected chi connectivity index (χ3v) is 3.49. The first-order valence-electron chi connectivity index (χ1n) is 6.66. The van der Waals surface area contributed by atoms with Crippen LogP contribution in [0, 0.1) is 19.8 Å². The minimum Gasteiger partial charge on any atom is -0.327 e. The number of urea groups is 1. The summed E-state index contributed by atoms with van der Waals surface area (Å²) in [7, 11) is 0. The molecule has 0 saturated carbocycles. The standard InChI is InChI=1S/C15H18N2O3/c1-4-11-12(16-15(20)17-14(11)19)13(18)10-6-8(2)5-9(3)7-10/h5-7,11-12H,4H2,1-3H3,(H2,16,17,19,20). The number of aryl methyl sites for hydroxylation is 2. The van der Waals surface area contributed by atoms with Gasteiger partial charge in [0.25, 0.3) is 0 Å². The molecule has 0 spiro atoms. The van der Waals surface area contributed by atoms with Crippen LogP contribution in [0.2, 0.25) is 0 Å². The number of nitrogens with one attached hydrogen (secondary N) is 2. The summed E-state index contributed by atoms with van der Waals surface area (Å²) in [6.45, 7) is 5.64. The van der Waals surface area contributed by atoms with E-state index in [2.05, 4.69) is 10.6 Å². The number of hydrogen-bond acceptors (Lipinski definition) is 3. The lowest BCUT2D eigenvalue weighted by Crippen LogP contribution is -2.60. The zero-order valence-electron chi connectivity index (χ0n) is 11.8. The monoisotopic (exact) mass is 274 g/mol. The van der Waals surface area contributed by atoms with E-state index in [1.807, 2.05) is 26.8 Å². The molecule has 5 heteroatoms. The Hall–Kier alpha value is -2.17. The van der Waals surface area contributed by atoms with Crippen molar-refractivity contribution < 1.29 is 14.4 Å². The number of hydrogen-bond donors (Lipinski definition) is 2. The molecule has 1 aliphatic rings. The molecule has 1 aromatic rings. The largest absolute Gasteiger partial charge is 0.327 e. The fourth-order valence-electron chi connectivity index (χ4n) is 2.60. The van der Waals surface area contributed by atoms with Gasteiger partial charge in [-0.15, -0.1) is 0 Å². The van der Waals surface area contributed by atoms with E-state index in [-0.39, 0.29) is 11.7 Å². The fraction of sp³-hybridized carbons (Fsp3) is 0.400. The van der Waals surface area contributed by atoms with Crippen LogP contribution in [0.15, 0.2) is 18.2 Å². The number of benzene rings is 1. The van der Waals surface area contributed by atoms with Gasteiger partial charge in [0.1, 0.15) is 6.04 Å². The molecule has 0 aromatic heterocycles. The van der Waals surface area contributed by atoms with Gasteiger partial charge in [-0.2, -0.15) is 0 Å². The Labute approximate surface area is 117 Å². The maximum Gasteiger partial charge on any atom is 0.322 e. The van der Waals surface area contributed by atoms with Gasteiger partial charge in [0.15, 0.2) is 5.78 Å². The van der Waals surface area contributed by atoms with Crippen molar-refractivity contribution in [2.45, 2.75) is 33.2 Å². The van der Waals surface area contributed by atoms with Gasteiger partial charge < -0.3 is 5.32 Å². The average molecular weight is 274 g/mol. The molecule has 0 bridgehead atoms. The predicted molar refractivity (Wildman–Crippen MR) is 74.5 cm³/mol. The third kappa shape index (κ3) is 2.71. The highest BCUT2D eigenvalue weighted by atomic mass is 16.2. The highest BCUT2D eigenvalue weighted by molar-refractivity contribution is 6.09. The van der Waals surface area contributed by atoms with E-state index in [0.29, 0.717) is 12.0 Å². The molecule has 1 aliphatic heterocycles. The quantitative estimate of drug-likeness (QED) is 0.824. The zero-order chi connectivity index (χ0) is 14.9. The van der Waals surface area contributed by atoms with Gasteiger partial charge in [-0.3, -0.25) is 14.9 Å². The van der Waals surface area contributed by atoms with Crippen molar-refractivity contribution in [3.8, 4) is 0 Å². The molecule has 1 saturated heterocycles. The summed E-state index contributed by atoms with van der Waals surface area (Å²) in [4.78, 5) is 35.8. The van der Waals surface area contributed by atoms with Crippen molar-refractivity contribution in [2.75, 3.05) is 0 Å². The molecule has 0 radical (unpaired) electrons. The Morgan fingerprint density at radius 3 is 2.30 bits per heavy atom. The first-order valence-corrected chi connectivity index (χ1v) is 6.66. The Morgan fingerprint density at radius 1 is 1.15 bits per heavy atom. The van der Waals surface area contributed by atoms with Crippen LogP contribution in [0.1, 0.15) is 34.8 Å². The first-order chi connectivity index (χ1) is 9.42. The lowest BCUT2D eigenvalue weighted by molar-refractivity contribution is -0.125. The van der Waals surface area contributed by atoms with E-state index in [1.54, 1.807) is 12.1 Å². The van der Waals surface area contributed by atoms with Crippen LogP contribution in [-0.2, 0) is 4.79 Å². The summed E-state index contributed by atoms with van der Waals surface area (Å²) in [6.07, 6.45) is 0.493. The Bertz CT molecular complexity index is 560. The number of carbonyl (C=O) groups excluding carboxylic acids is 3. The molecule has 2 unspecified atom stereocenters. The first kappa shape index (κ1) is 14.2. The average Bonchev–Trinajstić information content (AvgIpc) is 2.35. The van der Waals surface area contributed by atoms with Gasteiger partial charge in [0.2, 0.25) is 5.91 Å². The Kier molecular flexibility index (Phi) is 3.88.